The van der Waals surface area contributed by atoms with Crippen molar-refractivity contribution in [2.45, 2.75) is 55.4 Å². The molecule has 0 radical (unpaired) electrons. The summed E-state index contributed by atoms with van der Waals surface area (Å²) in [5.74, 6) is -0.601. The highest BCUT2D eigenvalue weighted by Gasteiger charge is 2.70. The Hall–Kier alpha value is -2.55. The van der Waals surface area contributed by atoms with Crippen molar-refractivity contribution in [2.24, 2.45) is 0 Å². The van der Waals surface area contributed by atoms with Gasteiger partial charge in [0.2, 0.25) is 0 Å². The van der Waals surface area contributed by atoms with Crippen LogP contribution in [0.15, 0.2) is 36.4 Å². The van der Waals surface area contributed by atoms with Crippen LogP contribution in [0.2, 0.25) is 10.0 Å². The summed E-state index contributed by atoms with van der Waals surface area (Å²) in [6.45, 7) is 1.40. The lowest BCUT2D eigenvalue weighted by molar-refractivity contribution is -0.161. The molecule has 2 bridgehead atoms. The number of aliphatic hydroxyl groups excluding tert-OH is 1. The monoisotopic (exact) mass is 508 g/mol. The molecule has 2 amide bonds. The first-order chi connectivity index (χ1) is 16.0. The van der Waals surface area contributed by atoms with Crippen LogP contribution in [0, 0.1) is 5.82 Å². The van der Waals surface area contributed by atoms with Crippen molar-refractivity contribution >= 4 is 35.0 Å². The lowest BCUT2D eigenvalue weighted by Crippen LogP contribution is -2.84. The van der Waals surface area contributed by atoms with E-state index in [1.54, 1.807) is 25.1 Å². The fourth-order valence-corrected chi connectivity index (χ4v) is 5.55. The second-order valence-electron chi connectivity index (χ2n) is 9.69. The summed E-state index contributed by atoms with van der Waals surface area (Å²) in [7, 11) is 0. The van der Waals surface area contributed by atoms with Crippen LogP contribution < -0.4 is 20.1 Å². The number of fused-ring (bicyclic) bond motifs is 1. The number of hydrogen-bond acceptors (Lipinski definition) is 5. The van der Waals surface area contributed by atoms with Crippen LogP contribution >= 0.6 is 23.2 Å². The molecule has 7 nitrogen and oxygen atoms in total. The second-order valence-corrected chi connectivity index (χ2v) is 10.5. The number of ether oxygens (including phenoxy) is 2. The number of carbonyl (C=O) groups is 2. The normalized spacial score (nSPS) is 30.7. The molecule has 0 aromatic heterocycles. The molecule has 3 N–H and O–H groups in total. The van der Waals surface area contributed by atoms with E-state index in [2.05, 4.69) is 10.6 Å². The lowest BCUT2D eigenvalue weighted by atomic mass is 9.44. The molecule has 6 rings (SSSR count). The molecule has 2 atom stereocenters. The van der Waals surface area contributed by atoms with Crippen LogP contribution in [0.1, 0.15) is 44.3 Å². The molecular weight excluding hydrogens is 486 g/mol. The van der Waals surface area contributed by atoms with E-state index in [-0.39, 0.29) is 41.2 Å². The first kappa shape index (κ1) is 23.2. The quantitative estimate of drug-likeness (QED) is 0.552. The van der Waals surface area contributed by atoms with Gasteiger partial charge in [-0.15, -0.1) is 0 Å². The molecule has 10 heteroatoms. The van der Waals surface area contributed by atoms with E-state index in [0.717, 1.165) is 6.07 Å². The summed E-state index contributed by atoms with van der Waals surface area (Å²) >= 11 is 11.6. The Morgan fingerprint density at radius 2 is 1.85 bits per heavy atom. The highest BCUT2D eigenvalue weighted by atomic mass is 35.5. The first-order valence-electron chi connectivity index (χ1n) is 10.9. The summed E-state index contributed by atoms with van der Waals surface area (Å²) < 4.78 is 24.8. The Bertz CT molecular complexity index is 1170. The third-order valence-corrected chi connectivity index (χ3v) is 7.35. The van der Waals surface area contributed by atoms with Gasteiger partial charge in [0.25, 0.3) is 11.8 Å². The van der Waals surface area contributed by atoms with Crippen molar-refractivity contribution in [1.82, 2.24) is 10.6 Å². The van der Waals surface area contributed by atoms with E-state index in [1.807, 2.05) is 0 Å². The molecule has 1 aliphatic heterocycles. The lowest BCUT2D eigenvalue weighted by Gasteiger charge is -2.70. The van der Waals surface area contributed by atoms with Gasteiger partial charge in [0.1, 0.15) is 17.3 Å². The Labute approximate surface area is 205 Å². The Kier molecular flexibility index (Phi) is 5.46. The number of hydrogen-bond donors (Lipinski definition) is 3. The SMILES string of the molecule is CC1(C(=O)NC23CC(NC(=O)COc4ccc(Cl)c(F)c4)(C2)C3)CC(O)c2cc(Cl)ccc2O1. The van der Waals surface area contributed by atoms with Gasteiger partial charge in [-0.25, -0.2) is 4.39 Å². The van der Waals surface area contributed by atoms with E-state index in [1.165, 1.54) is 12.1 Å². The zero-order chi connectivity index (χ0) is 24.3. The number of nitrogens with one attached hydrogen (secondary N) is 2. The number of halogens is 3. The van der Waals surface area contributed by atoms with E-state index < -0.39 is 23.1 Å². The largest absolute Gasteiger partial charge is 0.484 e. The highest BCUT2D eigenvalue weighted by Crippen LogP contribution is 2.60. The third-order valence-electron chi connectivity index (χ3n) is 6.80. The Morgan fingerprint density at radius 1 is 1.15 bits per heavy atom. The average molecular weight is 509 g/mol. The number of amides is 2. The van der Waals surface area contributed by atoms with Gasteiger partial charge in [0.05, 0.1) is 11.1 Å². The van der Waals surface area contributed by atoms with Crippen molar-refractivity contribution < 1.29 is 28.6 Å². The second kappa shape index (κ2) is 8.00. The van der Waals surface area contributed by atoms with Crippen molar-refractivity contribution in [3.63, 3.8) is 0 Å². The maximum Gasteiger partial charge on any atom is 0.264 e. The van der Waals surface area contributed by atoms with Gasteiger partial charge in [-0.05, 0) is 56.5 Å². The van der Waals surface area contributed by atoms with Gasteiger partial charge >= 0.3 is 0 Å². The minimum atomic E-state index is -1.23. The third kappa shape index (κ3) is 4.08. The molecule has 3 aliphatic carbocycles. The minimum absolute atomic E-state index is 0.0198. The summed E-state index contributed by atoms with van der Waals surface area (Å²) in [4.78, 5) is 25.4. The zero-order valence-corrected chi connectivity index (χ0v) is 19.8. The molecule has 0 spiro atoms. The predicted octanol–water partition coefficient (Wildman–Crippen LogP) is 3.69. The number of aliphatic hydroxyl groups is 1. The molecule has 180 valence electrons. The van der Waals surface area contributed by atoms with Gasteiger partial charge < -0.3 is 25.2 Å². The summed E-state index contributed by atoms with van der Waals surface area (Å²) in [6.07, 6.45) is 1.02. The van der Waals surface area contributed by atoms with Crippen LogP contribution in [-0.4, -0.2) is 40.2 Å². The standard InChI is InChI=1S/C24H23Cl2FN2O5/c1-22(8-18(30)15-6-13(25)2-5-19(15)34-22)21(32)29-24-10-23(11-24,12-24)28-20(31)9-33-14-3-4-16(26)17(27)7-14/h2-7,18,30H,8-12H2,1H3,(H,28,31)(H,29,32). The van der Waals surface area contributed by atoms with Crippen LogP contribution in [0.4, 0.5) is 4.39 Å². The molecule has 0 saturated heterocycles. The maximum absolute atomic E-state index is 13.5. The number of carbonyl (C=O) groups excluding carboxylic acids is 2. The summed E-state index contributed by atoms with van der Waals surface area (Å²) in [5.41, 5.74) is -1.44. The Balaban J connectivity index is 1.13. The maximum atomic E-state index is 13.5. The van der Waals surface area contributed by atoms with Gasteiger partial charge in [0.15, 0.2) is 12.2 Å². The van der Waals surface area contributed by atoms with E-state index in [0.29, 0.717) is 35.6 Å². The van der Waals surface area contributed by atoms with E-state index >= 15 is 0 Å². The minimum Gasteiger partial charge on any atom is -0.484 e. The van der Waals surface area contributed by atoms with Gasteiger partial charge in [-0.3, -0.25) is 9.59 Å². The van der Waals surface area contributed by atoms with Crippen LogP contribution in [0.25, 0.3) is 0 Å². The van der Waals surface area contributed by atoms with Crippen molar-refractivity contribution in [3.8, 4) is 11.5 Å². The van der Waals surface area contributed by atoms with E-state index in [4.69, 9.17) is 32.7 Å². The topological polar surface area (TPSA) is 96.9 Å². The van der Waals surface area contributed by atoms with Crippen molar-refractivity contribution in [3.05, 3.63) is 57.8 Å². The summed E-state index contributed by atoms with van der Waals surface area (Å²) in [5, 5.41) is 17.0. The summed E-state index contributed by atoms with van der Waals surface area (Å²) in [6, 6.07) is 8.91. The van der Waals surface area contributed by atoms with Crippen LogP contribution in [-0.2, 0) is 9.59 Å². The molecule has 34 heavy (non-hydrogen) atoms. The van der Waals surface area contributed by atoms with Gasteiger partial charge in [-0.1, -0.05) is 23.2 Å². The molecule has 2 unspecified atom stereocenters. The molecule has 2 aromatic carbocycles. The predicted molar refractivity (Wildman–Crippen MR) is 123 cm³/mol. The van der Waals surface area contributed by atoms with Crippen LogP contribution in [0.3, 0.4) is 0 Å². The first-order valence-corrected chi connectivity index (χ1v) is 11.6. The van der Waals surface area contributed by atoms with Gasteiger partial charge in [0, 0.05) is 34.2 Å². The molecule has 1 heterocycles. The fraction of sp³-hybridized carbons (Fsp3) is 0.417. The Morgan fingerprint density at radius 3 is 2.56 bits per heavy atom. The zero-order valence-electron chi connectivity index (χ0n) is 18.3. The average Bonchev–Trinajstić information content (AvgIpc) is 2.72. The van der Waals surface area contributed by atoms with E-state index in [9.17, 15) is 19.1 Å². The number of rotatable bonds is 6. The number of benzene rings is 2. The molecule has 3 fully saturated rings. The van der Waals surface area contributed by atoms with Gasteiger partial charge in [-0.2, -0.15) is 0 Å². The molecule has 4 aliphatic rings. The molecule has 2 aromatic rings. The van der Waals surface area contributed by atoms with Crippen molar-refractivity contribution in [1.29, 1.82) is 0 Å². The molecule has 3 saturated carbocycles. The molecular formula is C24H23Cl2FN2O5. The van der Waals surface area contributed by atoms with Crippen LogP contribution in [0.5, 0.6) is 11.5 Å². The fourth-order valence-electron chi connectivity index (χ4n) is 5.25. The highest BCUT2D eigenvalue weighted by molar-refractivity contribution is 6.31. The van der Waals surface area contributed by atoms with Crippen molar-refractivity contribution in [2.75, 3.05) is 6.61 Å². The smallest absolute Gasteiger partial charge is 0.264 e.